The highest BCUT2D eigenvalue weighted by molar-refractivity contribution is 5.74. The topological polar surface area (TPSA) is 61.4 Å². The first-order chi connectivity index (χ1) is 7.29. The molecule has 3 N–H and O–H groups in total. The van der Waals surface area contributed by atoms with Gasteiger partial charge in [-0.1, -0.05) is 6.92 Å². The van der Waals surface area contributed by atoms with E-state index >= 15 is 0 Å². The molecule has 1 aliphatic carbocycles. The number of halogens is 3. The number of urea groups is 1. The highest BCUT2D eigenvalue weighted by Gasteiger charge is 2.38. The van der Waals surface area contributed by atoms with E-state index in [-0.39, 0.29) is 6.04 Å². The van der Waals surface area contributed by atoms with Gasteiger partial charge in [0.15, 0.2) is 6.10 Å². The molecule has 1 atom stereocenters. The lowest BCUT2D eigenvalue weighted by atomic mass is 9.82. The van der Waals surface area contributed by atoms with Crippen molar-refractivity contribution in [2.45, 2.75) is 38.1 Å². The molecule has 1 rings (SSSR count). The number of nitrogens with one attached hydrogen (secondary N) is 2. The highest BCUT2D eigenvalue weighted by atomic mass is 19.4. The number of rotatable bonds is 3. The fraction of sp³-hybridized carbons (Fsp3) is 0.889. The van der Waals surface area contributed by atoms with Gasteiger partial charge in [-0.2, -0.15) is 13.2 Å². The maximum atomic E-state index is 11.9. The van der Waals surface area contributed by atoms with Crippen LogP contribution in [-0.2, 0) is 0 Å². The molecule has 1 unspecified atom stereocenters. The van der Waals surface area contributed by atoms with Crippen molar-refractivity contribution < 1.29 is 23.1 Å². The standard InChI is InChI=1S/C9H15F3N2O2/c1-5-2-6(3-5)14-8(16)13-4-7(15)9(10,11)12/h5-7,15H,2-4H2,1H3,(H2,13,14,16). The van der Waals surface area contributed by atoms with Crippen molar-refractivity contribution in [1.82, 2.24) is 10.6 Å². The maximum Gasteiger partial charge on any atom is 0.416 e. The summed E-state index contributed by atoms with van der Waals surface area (Å²) in [6.07, 6.45) is -5.53. The molecule has 0 saturated heterocycles. The van der Waals surface area contributed by atoms with Crippen molar-refractivity contribution in [3.63, 3.8) is 0 Å². The third-order valence-electron chi connectivity index (χ3n) is 2.54. The van der Waals surface area contributed by atoms with E-state index in [0.717, 1.165) is 12.8 Å². The molecule has 1 saturated carbocycles. The van der Waals surface area contributed by atoms with Crippen LogP contribution in [0.2, 0.25) is 0 Å². The molecular weight excluding hydrogens is 225 g/mol. The number of aliphatic hydroxyl groups excluding tert-OH is 1. The van der Waals surface area contributed by atoms with Crippen LogP contribution in [0.3, 0.4) is 0 Å². The van der Waals surface area contributed by atoms with Gasteiger partial charge in [0.25, 0.3) is 0 Å². The van der Waals surface area contributed by atoms with E-state index in [4.69, 9.17) is 5.11 Å². The molecule has 0 aromatic carbocycles. The first-order valence-electron chi connectivity index (χ1n) is 5.08. The summed E-state index contributed by atoms with van der Waals surface area (Å²) >= 11 is 0. The lowest BCUT2D eigenvalue weighted by molar-refractivity contribution is -0.201. The summed E-state index contributed by atoms with van der Waals surface area (Å²) in [4.78, 5) is 11.1. The van der Waals surface area contributed by atoms with Crippen LogP contribution in [0, 0.1) is 5.92 Å². The summed E-state index contributed by atoms with van der Waals surface area (Å²) in [5.41, 5.74) is 0. The van der Waals surface area contributed by atoms with E-state index < -0.39 is 24.9 Å². The van der Waals surface area contributed by atoms with Gasteiger partial charge in [0, 0.05) is 6.04 Å². The van der Waals surface area contributed by atoms with Gasteiger partial charge in [0.1, 0.15) is 0 Å². The van der Waals surface area contributed by atoms with Crippen molar-refractivity contribution in [3.05, 3.63) is 0 Å². The summed E-state index contributed by atoms with van der Waals surface area (Å²) < 4.78 is 35.6. The number of aliphatic hydroxyl groups is 1. The molecule has 0 spiro atoms. The molecule has 0 aromatic rings. The summed E-state index contributed by atoms with van der Waals surface area (Å²) in [5, 5.41) is 13.1. The second kappa shape index (κ2) is 4.90. The Balaban J connectivity index is 2.15. The van der Waals surface area contributed by atoms with Crippen molar-refractivity contribution in [1.29, 1.82) is 0 Å². The summed E-state index contributed by atoms with van der Waals surface area (Å²) in [6, 6.07) is -0.627. The number of carbonyl (C=O) groups excluding carboxylic acids is 1. The minimum absolute atomic E-state index is 0.0398. The Hall–Kier alpha value is -0.980. The van der Waals surface area contributed by atoms with Gasteiger partial charge in [-0.3, -0.25) is 0 Å². The molecule has 94 valence electrons. The highest BCUT2D eigenvalue weighted by Crippen LogP contribution is 2.26. The molecule has 0 aromatic heterocycles. The summed E-state index contributed by atoms with van der Waals surface area (Å²) in [6.45, 7) is 1.21. The Bertz CT molecular complexity index is 252. The molecule has 0 heterocycles. The van der Waals surface area contributed by atoms with Gasteiger partial charge in [-0.05, 0) is 18.8 Å². The lowest BCUT2D eigenvalue weighted by Crippen LogP contribution is -2.50. The fourth-order valence-electron chi connectivity index (χ4n) is 1.56. The van der Waals surface area contributed by atoms with Crippen LogP contribution in [0.4, 0.5) is 18.0 Å². The summed E-state index contributed by atoms with van der Waals surface area (Å²) in [7, 11) is 0. The zero-order chi connectivity index (χ0) is 12.3. The molecule has 7 heteroatoms. The number of hydrogen-bond acceptors (Lipinski definition) is 2. The minimum atomic E-state index is -4.70. The van der Waals surface area contributed by atoms with Gasteiger partial charge in [0.05, 0.1) is 6.54 Å². The average molecular weight is 240 g/mol. The van der Waals surface area contributed by atoms with Crippen LogP contribution in [-0.4, -0.2) is 36.0 Å². The van der Waals surface area contributed by atoms with Crippen molar-refractivity contribution in [3.8, 4) is 0 Å². The Kier molecular flexibility index (Phi) is 4.01. The van der Waals surface area contributed by atoms with Crippen LogP contribution < -0.4 is 10.6 Å². The minimum Gasteiger partial charge on any atom is -0.382 e. The molecule has 16 heavy (non-hydrogen) atoms. The zero-order valence-corrected chi connectivity index (χ0v) is 8.84. The van der Waals surface area contributed by atoms with E-state index in [9.17, 15) is 18.0 Å². The van der Waals surface area contributed by atoms with Gasteiger partial charge >= 0.3 is 12.2 Å². The van der Waals surface area contributed by atoms with Crippen LogP contribution in [0.25, 0.3) is 0 Å². The molecule has 0 bridgehead atoms. The van der Waals surface area contributed by atoms with Crippen LogP contribution in [0.5, 0.6) is 0 Å². The fourth-order valence-corrected chi connectivity index (χ4v) is 1.56. The second-order valence-electron chi connectivity index (χ2n) is 4.19. The number of carbonyl (C=O) groups is 1. The largest absolute Gasteiger partial charge is 0.416 e. The molecular formula is C9H15F3N2O2. The van der Waals surface area contributed by atoms with E-state index in [1.54, 1.807) is 0 Å². The molecule has 2 amide bonds. The van der Waals surface area contributed by atoms with E-state index in [2.05, 4.69) is 5.32 Å². The first-order valence-corrected chi connectivity index (χ1v) is 5.08. The maximum absolute atomic E-state index is 11.9. The molecule has 1 fully saturated rings. The third kappa shape index (κ3) is 3.88. The molecule has 0 aliphatic heterocycles. The van der Waals surface area contributed by atoms with Crippen molar-refractivity contribution in [2.75, 3.05) is 6.54 Å². The third-order valence-corrected chi connectivity index (χ3v) is 2.54. The van der Waals surface area contributed by atoms with Gasteiger partial charge in [0.2, 0.25) is 0 Å². The predicted octanol–water partition coefficient (Wildman–Crippen LogP) is 1.01. The SMILES string of the molecule is CC1CC(NC(=O)NCC(O)C(F)(F)F)C1. The normalized spacial score (nSPS) is 26.8. The lowest BCUT2D eigenvalue weighted by Gasteiger charge is -2.33. The monoisotopic (exact) mass is 240 g/mol. The predicted molar refractivity (Wildman–Crippen MR) is 50.8 cm³/mol. The number of alkyl halides is 3. The van der Waals surface area contributed by atoms with Crippen molar-refractivity contribution in [2.24, 2.45) is 5.92 Å². The Labute approximate surface area is 91.2 Å². The number of amides is 2. The van der Waals surface area contributed by atoms with Gasteiger partial charge in [-0.25, -0.2) is 4.79 Å². The quantitative estimate of drug-likeness (QED) is 0.689. The van der Waals surface area contributed by atoms with Gasteiger partial charge < -0.3 is 15.7 Å². The smallest absolute Gasteiger partial charge is 0.382 e. The van der Waals surface area contributed by atoms with E-state index in [1.165, 1.54) is 0 Å². The zero-order valence-electron chi connectivity index (χ0n) is 8.84. The number of hydrogen-bond donors (Lipinski definition) is 3. The molecule has 1 aliphatic rings. The molecule has 4 nitrogen and oxygen atoms in total. The first kappa shape index (κ1) is 13.1. The van der Waals surface area contributed by atoms with Crippen LogP contribution in [0.15, 0.2) is 0 Å². The summed E-state index contributed by atoms with van der Waals surface area (Å²) in [5.74, 6) is 0.547. The van der Waals surface area contributed by atoms with Crippen LogP contribution in [0.1, 0.15) is 19.8 Å². The second-order valence-corrected chi connectivity index (χ2v) is 4.19. The van der Waals surface area contributed by atoms with E-state index in [1.807, 2.05) is 12.2 Å². The van der Waals surface area contributed by atoms with Gasteiger partial charge in [-0.15, -0.1) is 0 Å². The van der Waals surface area contributed by atoms with E-state index in [0.29, 0.717) is 5.92 Å². The Morgan fingerprint density at radius 3 is 2.50 bits per heavy atom. The Morgan fingerprint density at radius 1 is 1.50 bits per heavy atom. The van der Waals surface area contributed by atoms with Crippen molar-refractivity contribution >= 4 is 6.03 Å². The van der Waals surface area contributed by atoms with Crippen LogP contribution >= 0.6 is 0 Å². The average Bonchev–Trinajstić information content (AvgIpc) is 2.10. The Morgan fingerprint density at radius 2 is 2.06 bits per heavy atom. The molecule has 0 radical (unpaired) electrons.